The van der Waals surface area contributed by atoms with E-state index in [0.29, 0.717) is 5.38 Å². The Bertz CT molecular complexity index is 268. The van der Waals surface area contributed by atoms with Crippen molar-refractivity contribution in [1.82, 2.24) is 0 Å². The Morgan fingerprint density at radius 3 is 2.93 bits per heavy atom. The summed E-state index contributed by atoms with van der Waals surface area (Å²) < 4.78 is 0. The van der Waals surface area contributed by atoms with Gasteiger partial charge in [0, 0.05) is 10.3 Å². The highest BCUT2D eigenvalue weighted by Crippen LogP contribution is 2.38. The molecule has 0 N–H and O–H groups in total. The lowest BCUT2D eigenvalue weighted by Crippen LogP contribution is -2.11. The topological polar surface area (TPSA) is 0 Å². The van der Waals surface area contributed by atoms with E-state index in [1.165, 1.54) is 30.6 Å². The second-order valence-corrected chi connectivity index (χ2v) is 5.92. The van der Waals surface area contributed by atoms with Crippen LogP contribution in [0.5, 0.6) is 0 Å². The molecule has 1 fully saturated rings. The van der Waals surface area contributed by atoms with Crippen LogP contribution in [0.25, 0.3) is 0 Å². The van der Waals surface area contributed by atoms with Crippen molar-refractivity contribution in [3.63, 3.8) is 0 Å². The lowest BCUT2D eigenvalue weighted by molar-refractivity contribution is 0.395. The first kappa shape index (κ1) is 10.5. The molecular weight excluding hydrogens is 212 g/mol. The monoisotopic (exact) mass is 228 g/mol. The Morgan fingerprint density at radius 2 is 2.36 bits per heavy atom. The minimum Gasteiger partial charge on any atom is -0.149 e. The Labute approximate surface area is 95.3 Å². The number of thiophene rings is 1. The lowest BCUT2D eigenvalue weighted by Gasteiger charge is -2.16. The Morgan fingerprint density at radius 1 is 1.50 bits per heavy atom. The van der Waals surface area contributed by atoms with Gasteiger partial charge in [-0.3, -0.25) is 0 Å². The third-order valence-electron chi connectivity index (χ3n) is 3.47. The van der Waals surface area contributed by atoms with Crippen LogP contribution in [0.2, 0.25) is 0 Å². The van der Waals surface area contributed by atoms with Gasteiger partial charge in [0.05, 0.1) is 0 Å². The molecule has 78 valence electrons. The van der Waals surface area contributed by atoms with E-state index in [4.69, 9.17) is 11.6 Å². The molecule has 1 aromatic rings. The van der Waals surface area contributed by atoms with E-state index in [0.717, 1.165) is 11.8 Å². The van der Waals surface area contributed by atoms with Crippen molar-refractivity contribution in [2.45, 2.75) is 38.0 Å². The highest BCUT2D eigenvalue weighted by atomic mass is 35.5. The number of alkyl halides is 1. The van der Waals surface area contributed by atoms with Gasteiger partial charge in [-0.25, -0.2) is 0 Å². The van der Waals surface area contributed by atoms with Gasteiger partial charge < -0.3 is 0 Å². The van der Waals surface area contributed by atoms with Crippen molar-refractivity contribution in [3.05, 3.63) is 22.4 Å². The molecule has 3 unspecified atom stereocenters. The van der Waals surface area contributed by atoms with Gasteiger partial charge in [-0.15, -0.1) is 22.9 Å². The third kappa shape index (κ3) is 2.32. The van der Waals surface area contributed by atoms with Gasteiger partial charge >= 0.3 is 0 Å². The molecule has 0 aromatic carbocycles. The van der Waals surface area contributed by atoms with Crippen LogP contribution in [0.15, 0.2) is 17.5 Å². The summed E-state index contributed by atoms with van der Waals surface area (Å²) >= 11 is 8.10. The predicted octanol–water partition coefficient (Wildman–Crippen LogP) is 4.33. The molecule has 0 bridgehead atoms. The summed E-state index contributed by atoms with van der Waals surface area (Å²) in [5.74, 6) is 1.58. The molecule has 1 heterocycles. The molecule has 14 heavy (non-hydrogen) atoms. The molecule has 0 nitrogen and oxygen atoms in total. The van der Waals surface area contributed by atoms with Crippen molar-refractivity contribution in [1.29, 1.82) is 0 Å². The predicted molar refractivity (Wildman–Crippen MR) is 64.2 cm³/mol. The highest BCUT2D eigenvalue weighted by molar-refractivity contribution is 7.09. The van der Waals surface area contributed by atoms with Crippen LogP contribution in [0.3, 0.4) is 0 Å². The molecule has 0 spiro atoms. The quantitative estimate of drug-likeness (QED) is 0.676. The zero-order valence-corrected chi connectivity index (χ0v) is 10.2. The molecule has 2 heteroatoms. The Kier molecular flexibility index (Phi) is 3.51. The standard InChI is InChI=1S/C12H17ClS/c1-9-10(5-7-12(9)13)4-6-11-3-2-8-14-11/h2-3,8-10,12H,4-7H2,1H3. The first-order chi connectivity index (χ1) is 6.77. The SMILES string of the molecule is CC1C(Cl)CCC1CCc1cccs1. The Balaban J connectivity index is 1.81. The molecule has 1 aliphatic rings. The van der Waals surface area contributed by atoms with Crippen molar-refractivity contribution in [2.24, 2.45) is 11.8 Å². The summed E-state index contributed by atoms with van der Waals surface area (Å²) in [4.78, 5) is 1.52. The third-order valence-corrected chi connectivity index (χ3v) is 5.02. The molecule has 3 atom stereocenters. The average molecular weight is 229 g/mol. The summed E-state index contributed by atoms with van der Waals surface area (Å²) in [6.45, 7) is 2.31. The van der Waals surface area contributed by atoms with Gasteiger partial charge in [0.25, 0.3) is 0 Å². The summed E-state index contributed by atoms with van der Waals surface area (Å²) in [6, 6.07) is 4.38. The molecule has 1 aliphatic carbocycles. The molecule has 0 aliphatic heterocycles. The fraction of sp³-hybridized carbons (Fsp3) is 0.667. The van der Waals surface area contributed by atoms with Crippen molar-refractivity contribution < 1.29 is 0 Å². The van der Waals surface area contributed by atoms with E-state index >= 15 is 0 Å². The Hall–Kier alpha value is -0.0100. The highest BCUT2D eigenvalue weighted by Gasteiger charge is 2.30. The summed E-state index contributed by atoms with van der Waals surface area (Å²) in [6.07, 6.45) is 5.12. The molecule has 0 saturated heterocycles. The first-order valence-electron chi connectivity index (χ1n) is 5.44. The van der Waals surface area contributed by atoms with Crippen LogP contribution in [-0.2, 0) is 6.42 Å². The molecule has 0 amide bonds. The van der Waals surface area contributed by atoms with Crippen LogP contribution < -0.4 is 0 Å². The van der Waals surface area contributed by atoms with Crippen LogP contribution in [-0.4, -0.2) is 5.38 Å². The normalized spacial score (nSPS) is 32.3. The zero-order valence-electron chi connectivity index (χ0n) is 8.58. The molecule has 1 aromatic heterocycles. The molecular formula is C12H17ClS. The number of aryl methyl sites for hydroxylation is 1. The van der Waals surface area contributed by atoms with Gasteiger partial charge in [-0.05, 0) is 49.0 Å². The second kappa shape index (κ2) is 4.67. The number of halogens is 1. The first-order valence-corrected chi connectivity index (χ1v) is 6.75. The van der Waals surface area contributed by atoms with Crippen LogP contribution >= 0.6 is 22.9 Å². The van der Waals surface area contributed by atoms with Gasteiger partial charge in [-0.2, -0.15) is 0 Å². The van der Waals surface area contributed by atoms with E-state index in [2.05, 4.69) is 24.4 Å². The summed E-state index contributed by atoms with van der Waals surface area (Å²) in [5, 5.41) is 2.60. The van der Waals surface area contributed by atoms with E-state index < -0.39 is 0 Å². The minimum atomic E-state index is 0.434. The molecule has 0 radical (unpaired) electrons. The molecule has 2 rings (SSSR count). The number of rotatable bonds is 3. The van der Waals surface area contributed by atoms with E-state index in [1.807, 2.05) is 11.3 Å². The smallest absolute Gasteiger partial charge is 0.0364 e. The van der Waals surface area contributed by atoms with Gasteiger partial charge in [-0.1, -0.05) is 13.0 Å². The van der Waals surface area contributed by atoms with Gasteiger partial charge in [0.2, 0.25) is 0 Å². The maximum absolute atomic E-state index is 6.22. The van der Waals surface area contributed by atoms with Crippen molar-refractivity contribution >= 4 is 22.9 Å². The van der Waals surface area contributed by atoms with Crippen molar-refractivity contribution in [3.8, 4) is 0 Å². The van der Waals surface area contributed by atoms with Gasteiger partial charge in [0.1, 0.15) is 0 Å². The fourth-order valence-corrected chi connectivity index (χ4v) is 3.44. The summed E-state index contributed by atoms with van der Waals surface area (Å²) in [5.41, 5.74) is 0. The van der Waals surface area contributed by atoms with Crippen LogP contribution in [0.1, 0.15) is 31.1 Å². The van der Waals surface area contributed by atoms with E-state index in [-0.39, 0.29) is 0 Å². The maximum Gasteiger partial charge on any atom is 0.0364 e. The zero-order chi connectivity index (χ0) is 9.97. The fourth-order valence-electron chi connectivity index (χ4n) is 2.38. The lowest BCUT2D eigenvalue weighted by atomic mass is 9.93. The van der Waals surface area contributed by atoms with Crippen LogP contribution in [0.4, 0.5) is 0 Å². The largest absolute Gasteiger partial charge is 0.149 e. The average Bonchev–Trinajstić information content (AvgIpc) is 2.77. The van der Waals surface area contributed by atoms with Crippen molar-refractivity contribution in [2.75, 3.05) is 0 Å². The number of hydrogen-bond acceptors (Lipinski definition) is 1. The molecule has 1 saturated carbocycles. The maximum atomic E-state index is 6.22. The van der Waals surface area contributed by atoms with Gasteiger partial charge in [0.15, 0.2) is 0 Å². The van der Waals surface area contributed by atoms with E-state index in [9.17, 15) is 0 Å². The second-order valence-electron chi connectivity index (χ2n) is 4.33. The van der Waals surface area contributed by atoms with Crippen LogP contribution in [0, 0.1) is 11.8 Å². The minimum absolute atomic E-state index is 0.434. The number of hydrogen-bond donors (Lipinski definition) is 0. The van der Waals surface area contributed by atoms with E-state index in [1.54, 1.807) is 0 Å². The summed E-state index contributed by atoms with van der Waals surface area (Å²) in [7, 11) is 0.